The summed E-state index contributed by atoms with van der Waals surface area (Å²) in [4.78, 5) is 11.6. The van der Waals surface area contributed by atoms with Gasteiger partial charge in [-0.15, -0.1) is 0 Å². The van der Waals surface area contributed by atoms with Gasteiger partial charge in [0, 0.05) is 25.1 Å². The molecule has 0 saturated carbocycles. The molecule has 1 aliphatic rings. The van der Waals surface area contributed by atoms with Gasteiger partial charge in [-0.25, -0.2) is 0 Å². The van der Waals surface area contributed by atoms with Gasteiger partial charge in [-0.3, -0.25) is 4.79 Å². The van der Waals surface area contributed by atoms with E-state index in [2.05, 4.69) is 23.5 Å². The molecule has 4 nitrogen and oxygen atoms in total. The molecule has 0 aliphatic carbocycles. The van der Waals surface area contributed by atoms with Crippen LogP contribution in [0.4, 0.5) is 0 Å². The lowest BCUT2D eigenvalue weighted by molar-refractivity contribution is -0.116. The number of rotatable bonds is 9. The smallest absolute Gasteiger partial charge is 0.243 e. The zero-order valence-electron chi connectivity index (χ0n) is 14.4. The van der Waals surface area contributed by atoms with Crippen LogP contribution in [0.1, 0.15) is 24.8 Å². The molecule has 1 amide bonds. The minimum Gasteiger partial charge on any atom is -0.497 e. The summed E-state index contributed by atoms with van der Waals surface area (Å²) < 4.78 is 10.4. The summed E-state index contributed by atoms with van der Waals surface area (Å²) in [7, 11) is 1.68. The summed E-state index contributed by atoms with van der Waals surface area (Å²) in [5, 5.41) is 2.91. The van der Waals surface area contributed by atoms with Gasteiger partial charge in [0.1, 0.15) is 5.75 Å². The van der Waals surface area contributed by atoms with Gasteiger partial charge in [0.2, 0.25) is 5.91 Å². The molecule has 1 aromatic carbocycles. The molecule has 1 fully saturated rings. The lowest BCUT2D eigenvalue weighted by atomic mass is 10.1. The Morgan fingerprint density at radius 3 is 2.88 bits per heavy atom. The average molecular weight is 329 g/mol. The number of methoxy groups -OCH3 is 1. The topological polar surface area (TPSA) is 47.6 Å². The van der Waals surface area contributed by atoms with Crippen LogP contribution in [0, 0.1) is 5.92 Å². The van der Waals surface area contributed by atoms with Gasteiger partial charge in [0.05, 0.1) is 13.7 Å². The highest BCUT2D eigenvalue weighted by atomic mass is 16.5. The molecule has 1 N–H and O–H groups in total. The van der Waals surface area contributed by atoms with E-state index in [0.717, 1.165) is 44.6 Å². The first-order valence-corrected chi connectivity index (χ1v) is 8.59. The second kappa shape index (κ2) is 10.7. The number of hydrogen-bond acceptors (Lipinski definition) is 3. The quantitative estimate of drug-likeness (QED) is 0.430. The lowest BCUT2D eigenvalue weighted by Crippen LogP contribution is -2.27. The zero-order valence-corrected chi connectivity index (χ0v) is 14.4. The largest absolute Gasteiger partial charge is 0.497 e. The van der Waals surface area contributed by atoms with E-state index in [1.54, 1.807) is 19.3 Å². The van der Waals surface area contributed by atoms with E-state index in [0.29, 0.717) is 12.5 Å². The molecule has 0 radical (unpaired) electrons. The van der Waals surface area contributed by atoms with Crippen molar-refractivity contribution in [1.82, 2.24) is 5.32 Å². The molecule has 130 valence electrons. The molecule has 0 aromatic heterocycles. The van der Waals surface area contributed by atoms with Crippen LogP contribution >= 0.6 is 0 Å². The van der Waals surface area contributed by atoms with Crippen molar-refractivity contribution in [2.45, 2.75) is 25.7 Å². The molecular weight excluding hydrogens is 302 g/mol. The first kappa shape index (κ1) is 18.3. The Bertz CT molecular complexity index is 543. The van der Waals surface area contributed by atoms with Crippen LogP contribution in [0.15, 0.2) is 48.6 Å². The third kappa shape index (κ3) is 7.01. The summed E-state index contributed by atoms with van der Waals surface area (Å²) in [6, 6.07) is 8.18. The summed E-state index contributed by atoms with van der Waals surface area (Å²) in [6.07, 6.45) is 11.6. The second-order valence-corrected chi connectivity index (χ2v) is 6.00. The highest BCUT2D eigenvalue weighted by Crippen LogP contribution is 2.13. The fraction of sp³-hybridized carbons (Fsp3) is 0.450. The van der Waals surface area contributed by atoms with Gasteiger partial charge in [0.15, 0.2) is 0 Å². The number of aryl methyl sites for hydroxylation is 1. The van der Waals surface area contributed by atoms with Crippen molar-refractivity contribution in [1.29, 1.82) is 0 Å². The van der Waals surface area contributed by atoms with Crippen molar-refractivity contribution in [2.24, 2.45) is 5.92 Å². The standard InChI is InChI=1S/C20H27NO3/c1-23-19-11-9-17(10-12-19)7-5-3-2-4-6-8-20(22)21-15-18-13-14-24-16-18/h2,4,6,8-12,18H,3,5,7,13-16H2,1H3,(H,21,22). The summed E-state index contributed by atoms with van der Waals surface area (Å²) in [5.74, 6) is 1.32. The molecule has 1 unspecified atom stereocenters. The highest BCUT2D eigenvalue weighted by Gasteiger charge is 2.15. The molecule has 4 heteroatoms. The van der Waals surface area contributed by atoms with Crippen LogP contribution in [0.5, 0.6) is 5.75 Å². The van der Waals surface area contributed by atoms with Crippen molar-refractivity contribution in [2.75, 3.05) is 26.9 Å². The van der Waals surface area contributed by atoms with Gasteiger partial charge in [-0.1, -0.05) is 30.4 Å². The molecule has 1 saturated heterocycles. The van der Waals surface area contributed by atoms with Crippen LogP contribution in [-0.4, -0.2) is 32.8 Å². The fourth-order valence-electron chi connectivity index (χ4n) is 2.58. The lowest BCUT2D eigenvalue weighted by Gasteiger charge is -2.06. The van der Waals surface area contributed by atoms with Gasteiger partial charge >= 0.3 is 0 Å². The van der Waals surface area contributed by atoms with Crippen molar-refractivity contribution in [3.05, 3.63) is 54.1 Å². The Morgan fingerprint density at radius 1 is 1.33 bits per heavy atom. The van der Waals surface area contributed by atoms with Gasteiger partial charge in [-0.2, -0.15) is 0 Å². The molecule has 0 bridgehead atoms. The molecule has 1 aromatic rings. The minimum atomic E-state index is -0.0372. The van der Waals surface area contributed by atoms with Gasteiger partial charge in [0.25, 0.3) is 0 Å². The number of nitrogens with one attached hydrogen (secondary N) is 1. The van der Waals surface area contributed by atoms with Crippen molar-refractivity contribution in [3.63, 3.8) is 0 Å². The SMILES string of the molecule is COc1ccc(CCCC=CC=CC(=O)NCC2CCOC2)cc1. The maximum absolute atomic E-state index is 11.6. The Hall–Kier alpha value is -2.07. The molecule has 24 heavy (non-hydrogen) atoms. The molecule has 1 aliphatic heterocycles. The van der Waals surface area contributed by atoms with E-state index in [-0.39, 0.29) is 5.91 Å². The number of benzene rings is 1. The Morgan fingerprint density at radius 2 is 2.17 bits per heavy atom. The Labute approximate surface area is 144 Å². The van der Waals surface area contributed by atoms with E-state index in [1.165, 1.54) is 5.56 Å². The van der Waals surface area contributed by atoms with Gasteiger partial charge < -0.3 is 14.8 Å². The Balaban J connectivity index is 1.55. The number of amides is 1. The van der Waals surface area contributed by atoms with Crippen molar-refractivity contribution < 1.29 is 14.3 Å². The first-order chi connectivity index (χ1) is 11.8. The maximum Gasteiger partial charge on any atom is 0.243 e. The van der Waals surface area contributed by atoms with Crippen molar-refractivity contribution >= 4 is 5.91 Å². The van der Waals surface area contributed by atoms with Crippen LogP contribution < -0.4 is 10.1 Å². The van der Waals surface area contributed by atoms with E-state index in [1.807, 2.05) is 18.2 Å². The third-order valence-electron chi connectivity index (χ3n) is 4.08. The molecule has 2 rings (SSSR count). The Kier molecular flexibility index (Phi) is 8.11. The normalized spacial score (nSPS) is 17.6. The number of carbonyl (C=O) groups excluding carboxylic acids is 1. The summed E-state index contributed by atoms with van der Waals surface area (Å²) >= 11 is 0. The predicted molar refractivity (Wildman–Crippen MR) is 96.1 cm³/mol. The highest BCUT2D eigenvalue weighted by molar-refractivity contribution is 5.87. The summed E-state index contributed by atoms with van der Waals surface area (Å²) in [6.45, 7) is 2.28. The number of unbranched alkanes of at least 4 members (excludes halogenated alkanes) is 1. The number of ether oxygens (including phenoxy) is 2. The first-order valence-electron chi connectivity index (χ1n) is 8.59. The zero-order chi connectivity index (χ0) is 17.0. The fourth-order valence-corrected chi connectivity index (χ4v) is 2.58. The molecule has 1 heterocycles. The third-order valence-corrected chi connectivity index (χ3v) is 4.08. The van der Waals surface area contributed by atoms with E-state index < -0.39 is 0 Å². The minimum absolute atomic E-state index is 0.0372. The molecular formula is C20H27NO3. The number of hydrogen-bond donors (Lipinski definition) is 1. The van der Waals surface area contributed by atoms with Crippen LogP contribution in [0.25, 0.3) is 0 Å². The maximum atomic E-state index is 11.6. The number of allylic oxidation sites excluding steroid dienone is 3. The number of carbonyl (C=O) groups is 1. The molecule has 0 spiro atoms. The van der Waals surface area contributed by atoms with Gasteiger partial charge in [-0.05, 0) is 43.4 Å². The van der Waals surface area contributed by atoms with E-state index in [4.69, 9.17) is 9.47 Å². The van der Waals surface area contributed by atoms with Crippen LogP contribution in [-0.2, 0) is 16.0 Å². The summed E-state index contributed by atoms with van der Waals surface area (Å²) in [5.41, 5.74) is 1.31. The van der Waals surface area contributed by atoms with E-state index >= 15 is 0 Å². The van der Waals surface area contributed by atoms with E-state index in [9.17, 15) is 4.79 Å². The van der Waals surface area contributed by atoms with Crippen molar-refractivity contribution in [3.8, 4) is 5.75 Å². The van der Waals surface area contributed by atoms with Crippen LogP contribution in [0.3, 0.4) is 0 Å². The van der Waals surface area contributed by atoms with Crippen LogP contribution in [0.2, 0.25) is 0 Å². The monoisotopic (exact) mass is 329 g/mol. The average Bonchev–Trinajstić information content (AvgIpc) is 3.13. The molecule has 1 atom stereocenters. The second-order valence-electron chi connectivity index (χ2n) is 6.00. The predicted octanol–water partition coefficient (Wildman–Crippen LogP) is 3.28.